The number of amidine groups is 1. The molecule has 0 saturated carbocycles. The van der Waals surface area contributed by atoms with Gasteiger partial charge >= 0.3 is 0 Å². The number of hydrogen-bond donors (Lipinski definition) is 1. The van der Waals surface area contributed by atoms with Crippen molar-refractivity contribution in [2.24, 2.45) is 4.99 Å². The third kappa shape index (κ3) is 3.75. The molecule has 0 aromatic heterocycles. The molecular weight excluding hydrogens is 242 g/mol. The van der Waals surface area contributed by atoms with E-state index in [0.29, 0.717) is 11.3 Å². The fourth-order valence-corrected chi connectivity index (χ4v) is 3.23. The van der Waals surface area contributed by atoms with Gasteiger partial charge in [-0.25, -0.2) is 0 Å². The molecule has 0 aliphatic carbocycles. The van der Waals surface area contributed by atoms with Gasteiger partial charge in [0.1, 0.15) is 0 Å². The van der Waals surface area contributed by atoms with Gasteiger partial charge in [-0.1, -0.05) is 42.1 Å². The minimum atomic E-state index is 0.431. The van der Waals surface area contributed by atoms with Crippen molar-refractivity contribution in [3.63, 3.8) is 0 Å². The van der Waals surface area contributed by atoms with Crippen LogP contribution in [-0.4, -0.2) is 43.3 Å². The zero-order chi connectivity index (χ0) is 13.0. The molecule has 1 heterocycles. The van der Waals surface area contributed by atoms with E-state index in [1.807, 2.05) is 11.8 Å². The van der Waals surface area contributed by atoms with Crippen LogP contribution in [-0.2, 0) is 0 Å². The number of likely N-dealkylation sites (N-methyl/N-ethyl adjacent to an activating group) is 1. The highest BCUT2D eigenvalue weighted by Gasteiger charge is 2.21. The maximum absolute atomic E-state index is 4.59. The number of aliphatic imine (C=N–C) groups is 1. The fourth-order valence-electron chi connectivity index (χ4n) is 2.10. The Bertz CT molecular complexity index is 403. The number of thioether (sulfide) groups is 1. The summed E-state index contributed by atoms with van der Waals surface area (Å²) < 4.78 is 0. The van der Waals surface area contributed by atoms with E-state index in [1.54, 1.807) is 0 Å². The van der Waals surface area contributed by atoms with Crippen LogP contribution in [0.2, 0.25) is 0 Å². The van der Waals surface area contributed by atoms with Crippen molar-refractivity contribution >= 4 is 16.9 Å². The van der Waals surface area contributed by atoms with Crippen LogP contribution >= 0.6 is 11.8 Å². The standard InChI is InChI=1S/C14H21N3S/c1-11(10-17(2)3)16-14-15-9-13(18-14)12-7-5-4-6-8-12/h4-8,11,13H,9-10H2,1-3H3,(H,15,16). The van der Waals surface area contributed by atoms with E-state index in [1.165, 1.54) is 5.56 Å². The van der Waals surface area contributed by atoms with E-state index in [4.69, 9.17) is 0 Å². The van der Waals surface area contributed by atoms with E-state index in [0.717, 1.165) is 18.3 Å². The number of nitrogens with one attached hydrogen (secondary N) is 1. The molecule has 0 amide bonds. The quantitative estimate of drug-likeness (QED) is 0.904. The number of hydrogen-bond acceptors (Lipinski definition) is 4. The highest BCUT2D eigenvalue weighted by Crippen LogP contribution is 2.34. The van der Waals surface area contributed by atoms with Crippen LogP contribution in [0.15, 0.2) is 35.3 Å². The molecule has 1 aliphatic rings. The second-order valence-corrected chi connectivity index (χ2v) is 6.16. The Morgan fingerprint density at radius 1 is 1.39 bits per heavy atom. The van der Waals surface area contributed by atoms with Gasteiger partial charge < -0.3 is 10.2 Å². The second-order valence-electron chi connectivity index (χ2n) is 4.97. The molecule has 98 valence electrons. The fraction of sp³-hybridized carbons (Fsp3) is 0.500. The molecule has 1 aromatic rings. The molecule has 3 nitrogen and oxygen atoms in total. The lowest BCUT2D eigenvalue weighted by molar-refractivity contribution is 0.370. The van der Waals surface area contributed by atoms with Crippen LogP contribution in [0.5, 0.6) is 0 Å². The zero-order valence-corrected chi connectivity index (χ0v) is 12.1. The first kappa shape index (κ1) is 13.4. The Labute approximate surface area is 114 Å². The molecule has 2 unspecified atom stereocenters. The maximum atomic E-state index is 4.59. The van der Waals surface area contributed by atoms with Crippen LogP contribution in [0, 0.1) is 0 Å². The van der Waals surface area contributed by atoms with Crippen LogP contribution in [0.1, 0.15) is 17.7 Å². The highest BCUT2D eigenvalue weighted by atomic mass is 32.2. The lowest BCUT2D eigenvalue weighted by Crippen LogP contribution is -2.37. The minimum Gasteiger partial charge on any atom is -0.361 e. The lowest BCUT2D eigenvalue weighted by Gasteiger charge is -2.19. The normalized spacial score (nSPS) is 20.9. The van der Waals surface area contributed by atoms with Crippen LogP contribution in [0.25, 0.3) is 0 Å². The van der Waals surface area contributed by atoms with Crippen molar-refractivity contribution in [2.45, 2.75) is 18.2 Å². The van der Waals surface area contributed by atoms with Gasteiger partial charge in [0.2, 0.25) is 0 Å². The molecule has 0 saturated heterocycles. The SMILES string of the molecule is CC(CN(C)C)NC1=NCC(c2ccccc2)S1. The van der Waals surface area contributed by atoms with Crippen molar-refractivity contribution in [3.8, 4) is 0 Å². The largest absolute Gasteiger partial charge is 0.361 e. The van der Waals surface area contributed by atoms with Gasteiger partial charge in [-0.2, -0.15) is 0 Å². The Morgan fingerprint density at radius 3 is 2.78 bits per heavy atom. The van der Waals surface area contributed by atoms with Crippen molar-refractivity contribution in [2.75, 3.05) is 27.2 Å². The summed E-state index contributed by atoms with van der Waals surface area (Å²) in [7, 11) is 4.18. The predicted molar refractivity (Wildman–Crippen MR) is 80.2 cm³/mol. The van der Waals surface area contributed by atoms with E-state index in [2.05, 4.69) is 66.6 Å². The van der Waals surface area contributed by atoms with E-state index >= 15 is 0 Å². The van der Waals surface area contributed by atoms with Crippen LogP contribution < -0.4 is 5.32 Å². The van der Waals surface area contributed by atoms with Gasteiger partial charge in [0.25, 0.3) is 0 Å². The summed E-state index contributed by atoms with van der Waals surface area (Å²) in [4.78, 5) is 6.78. The molecule has 1 N–H and O–H groups in total. The summed E-state index contributed by atoms with van der Waals surface area (Å²) >= 11 is 1.84. The van der Waals surface area contributed by atoms with Gasteiger partial charge in [0.05, 0.1) is 11.8 Å². The Morgan fingerprint density at radius 2 is 2.11 bits per heavy atom. The first-order valence-corrected chi connectivity index (χ1v) is 7.20. The van der Waals surface area contributed by atoms with Gasteiger partial charge in [0.15, 0.2) is 5.17 Å². The van der Waals surface area contributed by atoms with Crippen molar-refractivity contribution in [1.82, 2.24) is 10.2 Å². The summed E-state index contributed by atoms with van der Waals surface area (Å²) in [6.07, 6.45) is 0. The molecule has 2 atom stereocenters. The van der Waals surface area contributed by atoms with E-state index in [9.17, 15) is 0 Å². The lowest BCUT2D eigenvalue weighted by atomic mass is 10.1. The molecule has 1 aliphatic heterocycles. The predicted octanol–water partition coefficient (Wildman–Crippen LogP) is 2.37. The monoisotopic (exact) mass is 263 g/mol. The van der Waals surface area contributed by atoms with Gasteiger partial charge in [-0.3, -0.25) is 4.99 Å². The molecule has 0 bridgehead atoms. The maximum Gasteiger partial charge on any atom is 0.157 e. The molecule has 4 heteroatoms. The van der Waals surface area contributed by atoms with Crippen molar-refractivity contribution < 1.29 is 0 Å². The Balaban J connectivity index is 1.85. The molecule has 2 rings (SSSR count). The first-order chi connectivity index (χ1) is 8.65. The minimum absolute atomic E-state index is 0.431. The summed E-state index contributed by atoms with van der Waals surface area (Å²) in [5.74, 6) is 0. The first-order valence-electron chi connectivity index (χ1n) is 6.32. The van der Waals surface area contributed by atoms with Crippen molar-refractivity contribution in [1.29, 1.82) is 0 Å². The third-order valence-corrected chi connectivity index (χ3v) is 4.01. The van der Waals surface area contributed by atoms with E-state index in [-0.39, 0.29) is 0 Å². The highest BCUT2D eigenvalue weighted by molar-refractivity contribution is 8.14. The summed E-state index contributed by atoms with van der Waals surface area (Å²) in [6.45, 7) is 4.10. The van der Waals surface area contributed by atoms with Gasteiger partial charge in [0, 0.05) is 12.6 Å². The number of benzene rings is 1. The second kappa shape index (κ2) is 6.25. The van der Waals surface area contributed by atoms with Crippen molar-refractivity contribution in [3.05, 3.63) is 35.9 Å². The topological polar surface area (TPSA) is 27.6 Å². The molecule has 18 heavy (non-hydrogen) atoms. The summed E-state index contributed by atoms with van der Waals surface area (Å²) in [5.41, 5.74) is 1.36. The summed E-state index contributed by atoms with van der Waals surface area (Å²) in [5, 5.41) is 5.04. The van der Waals surface area contributed by atoms with Gasteiger partial charge in [-0.15, -0.1) is 0 Å². The number of nitrogens with zero attached hydrogens (tertiary/aromatic N) is 2. The van der Waals surface area contributed by atoms with Crippen LogP contribution in [0.3, 0.4) is 0 Å². The Hall–Kier alpha value is -1.00. The molecule has 0 spiro atoms. The smallest absolute Gasteiger partial charge is 0.157 e. The summed E-state index contributed by atoms with van der Waals surface area (Å²) in [6, 6.07) is 11.0. The van der Waals surface area contributed by atoms with E-state index < -0.39 is 0 Å². The van der Waals surface area contributed by atoms with Gasteiger partial charge in [-0.05, 0) is 26.6 Å². The molecule has 1 aromatic carbocycles. The molecular formula is C14H21N3S. The number of rotatable bonds is 4. The zero-order valence-electron chi connectivity index (χ0n) is 11.3. The average Bonchev–Trinajstić information content (AvgIpc) is 2.77. The Kier molecular flexibility index (Phi) is 4.66. The average molecular weight is 263 g/mol. The molecule has 0 radical (unpaired) electrons. The molecule has 0 fully saturated rings. The van der Waals surface area contributed by atoms with Crippen LogP contribution in [0.4, 0.5) is 0 Å². The third-order valence-electron chi connectivity index (χ3n) is 2.83.